The predicted octanol–water partition coefficient (Wildman–Crippen LogP) is 1.54. The quantitative estimate of drug-likeness (QED) is 0.774. The molecule has 0 aliphatic rings. The van der Waals surface area contributed by atoms with Crippen molar-refractivity contribution in [2.45, 2.75) is 13.5 Å². The molecule has 0 radical (unpaired) electrons. The van der Waals surface area contributed by atoms with E-state index >= 15 is 0 Å². The van der Waals surface area contributed by atoms with E-state index < -0.39 is 5.97 Å². The fourth-order valence-electron chi connectivity index (χ4n) is 1.90. The Morgan fingerprint density at radius 2 is 2.11 bits per heavy atom. The van der Waals surface area contributed by atoms with Gasteiger partial charge in [-0.2, -0.15) is 0 Å². The Bertz CT molecular complexity index is 420. The minimum atomic E-state index is -0.845. The molecular weight excluding hydrogens is 246 g/mol. The van der Waals surface area contributed by atoms with Crippen molar-refractivity contribution >= 4 is 5.97 Å². The average Bonchev–Trinajstić information content (AvgIpc) is 2.35. The zero-order chi connectivity index (χ0) is 14.3. The molecular formula is C14H21NO4. The number of carboxylic acid groups (broad SMARTS) is 1. The normalized spacial score (nSPS) is 10.7. The van der Waals surface area contributed by atoms with E-state index in [1.807, 2.05) is 30.0 Å². The summed E-state index contributed by atoms with van der Waals surface area (Å²) in [5, 5.41) is 8.93. The van der Waals surface area contributed by atoms with Gasteiger partial charge in [-0.3, -0.25) is 9.69 Å². The molecule has 0 aliphatic heterocycles. The van der Waals surface area contributed by atoms with Gasteiger partial charge in [0.1, 0.15) is 5.75 Å². The van der Waals surface area contributed by atoms with Crippen LogP contribution in [0.5, 0.6) is 5.75 Å². The molecule has 0 heterocycles. The van der Waals surface area contributed by atoms with Crippen LogP contribution >= 0.6 is 0 Å². The van der Waals surface area contributed by atoms with Crippen LogP contribution in [0.25, 0.3) is 0 Å². The number of ether oxygens (including phenoxy) is 2. The second kappa shape index (κ2) is 7.76. The number of carboxylic acids is 1. The Hall–Kier alpha value is -1.59. The molecule has 106 valence electrons. The van der Waals surface area contributed by atoms with Crippen molar-refractivity contribution in [3.05, 3.63) is 29.3 Å². The van der Waals surface area contributed by atoms with Crippen molar-refractivity contribution in [1.29, 1.82) is 0 Å². The second-order valence-electron chi connectivity index (χ2n) is 4.41. The highest BCUT2D eigenvalue weighted by atomic mass is 16.5. The van der Waals surface area contributed by atoms with Gasteiger partial charge in [0.05, 0.1) is 20.3 Å². The molecule has 0 aliphatic carbocycles. The molecule has 5 nitrogen and oxygen atoms in total. The maximum atomic E-state index is 10.9. The lowest BCUT2D eigenvalue weighted by molar-refractivity contribution is -0.138. The Balaban J connectivity index is 2.81. The highest BCUT2D eigenvalue weighted by molar-refractivity contribution is 5.69. The maximum Gasteiger partial charge on any atom is 0.317 e. The number of aryl methyl sites for hydroxylation is 1. The number of nitrogens with zero attached hydrogens (tertiary/aromatic N) is 1. The van der Waals surface area contributed by atoms with Gasteiger partial charge < -0.3 is 14.6 Å². The van der Waals surface area contributed by atoms with Gasteiger partial charge in [-0.15, -0.1) is 0 Å². The van der Waals surface area contributed by atoms with Crippen molar-refractivity contribution in [3.8, 4) is 5.75 Å². The Morgan fingerprint density at radius 3 is 2.68 bits per heavy atom. The summed E-state index contributed by atoms with van der Waals surface area (Å²) in [5.41, 5.74) is 2.11. The van der Waals surface area contributed by atoms with Crippen LogP contribution in [0.2, 0.25) is 0 Å². The van der Waals surface area contributed by atoms with Gasteiger partial charge >= 0.3 is 5.97 Å². The standard InChI is InChI=1S/C14H21NO4/c1-11-4-5-13(19-3)12(8-11)9-15(6-7-18-2)10-14(16)17/h4-5,8H,6-7,9-10H2,1-3H3,(H,16,17). The third-order valence-electron chi connectivity index (χ3n) is 2.80. The predicted molar refractivity (Wildman–Crippen MR) is 72.5 cm³/mol. The molecule has 0 fully saturated rings. The summed E-state index contributed by atoms with van der Waals surface area (Å²) < 4.78 is 10.3. The van der Waals surface area contributed by atoms with Crippen molar-refractivity contribution in [2.24, 2.45) is 0 Å². The van der Waals surface area contributed by atoms with Crippen LogP contribution < -0.4 is 4.74 Å². The third kappa shape index (κ3) is 5.28. The molecule has 19 heavy (non-hydrogen) atoms. The summed E-state index contributed by atoms with van der Waals surface area (Å²) in [4.78, 5) is 12.7. The van der Waals surface area contributed by atoms with E-state index in [-0.39, 0.29) is 6.54 Å². The zero-order valence-electron chi connectivity index (χ0n) is 11.7. The summed E-state index contributed by atoms with van der Waals surface area (Å²) in [6, 6.07) is 5.89. The fourth-order valence-corrected chi connectivity index (χ4v) is 1.90. The Morgan fingerprint density at radius 1 is 1.37 bits per heavy atom. The number of hydrogen-bond donors (Lipinski definition) is 1. The van der Waals surface area contributed by atoms with Crippen molar-refractivity contribution in [3.63, 3.8) is 0 Å². The van der Waals surface area contributed by atoms with Crippen LogP contribution in [0.3, 0.4) is 0 Å². The SMILES string of the molecule is COCCN(CC(=O)O)Cc1cc(C)ccc1OC. The van der Waals surface area contributed by atoms with Gasteiger partial charge in [0.25, 0.3) is 0 Å². The van der Waals surface area contributed by atoms with E-state index in [9.17, 15) is 4.79 Å². The number of benzene rings is 1. The van der Waals surface area contributed by atoms with Gasteiger partial charge in [0.15, 0.2) is 0 Å². The van der Waals surface area contributed by atoms with Gasteiger partial charge in [-0.25, -0.2) is 0 Å². The van der Waals surface area contributed by atoms with E-state index in [0.717, 1.165) is 16.9 Å². The van der Waals surface area contributed by atoms with Gasteiger partial charge in [-0.1, -0.05) is 17.7 Å². The molecule has 0 amide bonds. The fraction of sp³-hybridized carbons (Fsp3) is 0.500. The highest BCUT2D eigenvalue weighted by Gasteiger charge is 2.13. The number of rotatable bonds is 8. The van der Waals surface area contributed by atoms with Crippen LogP contribution in [0.4, 0.5) is 0 Å². The molecule has 0 aromatic heterocycles. The molecule has 1 aromatic carbocycles. The minimum Gasteiger partial charge on any atom is -0.496 e. The van der Waals surface area contributed by atoms with Gasteiger partial charge in [0.2, 0.25) is 0 Å². The molecule has 5 heteroatoms. The largest absolute Gasteiger partial charge is 0.496 e. The van der Waals surface area contributed by atoms with Crippen LogP contribution in [0.15, 0.2) is 18.2 Å². The molecule has 0 bridgehead atoms. The van der Waals surface area contributed by atoms with Gasteiger partial charge in [-0.05, 0) is 13.0 Å². The monoisotopic (exact) mass is 267 g/mol. The lowest BCUT2D eigenvalue weighted by atomic mass is 10.1. The lowest BCUT2D eigenvalue weighted by Gasteiger charge is -2.21. The molecule has 0 spiro atoms. The summed E-state index contributed by atoms with van der Waals surface area (Å²) in [7, 11) is 3.22. The number of aliphatic carboxylic acids is 1. The molecule has 1 aromatic rings. The van der Waals surface area contributed by atoms with E-state index in [0.29, 0.717) is 19.7 Å². The molecule has 0 unspecified atom stereocenters. The maximum absolute atomic E-state index is 10.9. The molecule has 1 N–H and O–H groups in total. The van der Waals surface area contributed by atoms with Crippen LogP contribution in [0.1, 0.15) is 11.1 Å². The highest BCUT2D eigenvalue weighted by Crippen LogP contribution is 2.21. The topological polar surface area (TPSA) is 59.0 Å². The summed E-state index contributed by atoms with van der Waals surface area (Å²) in [5.74, 6) is -0.0684. The lowest BCUT2D eigenvalue weighted by Crippen LogP contribution is -2.32. The van der Waals surface area contributed by atoms with Crippen LogP contribution in [-0.4, -0.2) is 49.9 Å². The minimum absolute atomic E-state index is 0.0134. The average molecular weight is 267 g/mol. The second-order valence-corrected chi connectivity index (χ2v) is 4.41. The van der Waals surface area contributed by atoms with E-state index in [1.54, 1.807) is 14.2 Å². The smallest absolute Gasteiger partial charge is 0.317 e. The van der Waals surface area contributed by atoms with Crippen LogP contribution in [-0.2, 0) is 16.1 Å². The molecule has 0 atom stereocenters. The number of hydrogen-bond acceptors (Lipinski definition) is 4. The Labute approximate surface area is 113 Å². The third-order valence-corrected chi connectivity index (χ3v) is 2.80. The van der Waals surface area contributed by atoms with Crippen molar-refractivity contribution in [2.75, 3.05) is 33.9 Å². The number of methoxy groups -OCH3 is 2. The molecule has 0 saturated heterocycles. The van der Waals surface area contributed by atoms with Gasteiger partial charge in [0, 0.05) is 25.8 Å². The van der Waals surface area contributed by atoms with Crippen molar-refractivity contribution < 1.29 is 19.4 Å². The van der Waals surface area contributed by atoms with E-state index in [2.05, 4.69) is 0 Å². The van der Waals surface area contributed by atoms with Crippen LogP contribution in [0, 0.1) is 6.92 Å². The summed E-state index contributed by atoms with van der Waals surface area (Å²) >= 11 is 0. The summed E-state index contributed by atoms with van der Waals surface area (Å²) in [6.07, 6.45) is 0. The first-order valence-electron chi connectivity index (χ1n) is 6.13. The van der Waals surface area contributed by atoms with E-state index in [1.165, 1.54) is 0 Å². The first-order valence-corrected chi connectivity index (χ1v) is 6.13. The molecule has 1 rings (SSSR count). The number of carbonyl (C=O) groups is 1. The van der Waals surface area contributed by atoms with E-state index in [4.69, 9.17) is 14.6 Å². The summed E-state index contributed by atoms with van der Waals surface area (Å²) in [6.45, 7) is 3.59. The zero-order valence-corrected chi connectivity index (χ0v) is 11.7. The first-order chi connectivity index (χ1) is 9.06. The van der Waals surface area contributed by atoms with Crippen molar-refractivity contribution in [1.82, 2.24) is 4.90 Å². The first kappa shape index (κ1) is 15.5. The Kier molecular flexibility index (Phi) is 6.32. The molecule has 0 saturated carbocycles.